The van der Waals surface area contributed by atoms with Crippen LogP contribution < -0.4 is 5.32 Å². The third-order valence-electron chi connectivity index (χ3n) is 2.72. The number of fused-ring (bicyclic) bond motifs is 1. The second-order valence-corrected chi connectivity index (χ2v) is 6.10. The fourth-order valence-corrected chi connectivity index (χ4v) is 2.56. The minimum atomic E-state index is -3.91. The molecule has 110 valence electrons. The van der Waals surface area contributed by atoms with E-state index in [2.05, 4.69) is 20.3 Å². The Morgan fingerprint density at radius 1 is 1.40 bits per heavy atom. The Hall–Kier alpha value is -1.45. The molecule has 0 unspecified atom stereocenters. The van der Waals surface area contributed by atoms with E-state index in [-0.39, 0.29) is 11.0 Å². The van der Waals surface area contributed by atoms with Crippen molar-refractivity contribution < 1.29 is 13.0 Å². The average Bonchev–Trinajstić information content (AvgIpc) is 2.75. The summed E-state index contributed by atoms with van der Waals surface area (Å²) in [4.78, 5) is 12.3. The van der Waals surface area contributed by atoms with Gasteiger partial charge in [-0.3, -0.25) is 4.55 Å². The third kappa shape index (κ3) is 3.56. The highest BCUT2D eigenvalue weighted by atomic mass is 35.5. The molecule has 0 fully saturated rings. The number of aryl methyl sites for hydroxylation is 1. The summed E-state index contributed by atoms with van der Waals surface area (Å²) in [7, 11) is -2.20. The molecule has 10 heteroatoms. The first kappa shape index (κ1) is 14.9. The molecule has 0 aliphatic heterocycles. The number of hydrogen-bond acceptors (Lipinski definition) is 6. The molecule has 0 radical (unpaired) electrons. The van der Waals surface area contributed by atoms with Gasteiger partial charge < -0.3 is 9.88 Å². The summed E-state index contributed by atoms with van der Waals surface area (Å²) in [5, 5.41) is 3.00. The third-order valence-corrected chi connectivity index (χ3v) is 3.70. The first-order valence-corrected chi connectivity index (χ1v) is 7.90. The van der Waals surface area contributed by atoms with Crippen LogP contribution in [0.3, 0.4) is 0 Å². The summed E-state index contributed by atoms with van der Waals surface area (Å²) in [6.07, 6.45) is 2.53. The Kier molecular flexibility index (Phi) is 4.41. The monoisotopic (exact) mass is 319 g/mol. The van der Waals surface area contributed by atoms with Gasteiger partial charge in [-0.05, 0) is 24.4 Å². The van der Waals surface area contributed by atoms with Crippen LogP contribution >= 0.6 is 11.6 Å². The molecule has 2 aromatic heterocycles. The van der Waals surface area contributed by atoms with Gasteiger partial charge in [0.05, 0.1) is 12.1 Å². The quantitative estimate of drug-likeness (QED) is 0.467. The summed E-state index contributed by atoms with van der Waals surface area (Å²) in [6.45, 7) is 0.530. The van der Waals surface area contributed by atoms with Crippen LogP contribution in [0.2, 0.25) is 5.28 Å². The van der Waals surface area contributed by atoms with Crippen LogP contribution in [0.15, 0.2) is 6.33 Å². The van der Waals surface area contributed by atoms with Crippen molar-refractivity contribution in [2.24, 2.45) is 0 Å². The van der Waals surface area contributed by atoms with Crippen molar-refractivity contribution in [3.63, 3.8) is 0 Å². The Morgan fingerprint density at radius 2 is 2.15 bits per heavy atom. The molecule has 2 aromatic rings. The normalized spacial score (nSPS) is 11.9. The van der Waals surface area contributed by atoms with Crippen LogP contribution in [0.1, 0.15) is 12.8 Å². The van der Waals surface area contributed by atoms with Gasteiger partial charge in [0.15, 0.2) is 17.0 Å². The Bertz CT molecular complexity index is 715. The molecule has 2 N–H and O–H groups in total. The molecule has 0 atom stereocenters. The van der Waals surface area contributed by atoms with E-state index in [1.807, 2.05) is 0 Å². The molecular weight excluding hydrogens is 306 g/mol. The molecule has 2 rings (SSSR count). The number of hydrogen-bond donors (Lipinski definition) is 2. The number of unbranched alkanes of at least 4 members (excludes halogenated alkanes) is 1. The topological polar surface area (TPSA) is 110 Å². The number of nitrogens with zero attached hydrogens (tertiary/aromatic N) is 4. The maximum absolute atomic E-state index is 10.6. The zero-order valence-electron chi connectivity index (χ0n) is 10.7. The number of halogens is 1. The SMILES string of the molecule is CNc1nc(Cl)nc2c1ncn2CCCCS(=O)(=O)O. The van der Waals surface area contributed by atoms with E-state index in [1.54, 1.807) is 17.9 Å². The summed E-state index contributed by atoms with van der Waals surface area (Å²) < 4.78 is 31.7. The van der Waals surface area contributed by atoms with Gasteiger partial charge in [0.1, 0.15) is 0 Å². The maximum Gasteiger partial charge on any atom is 0.264 e. The number of aromatic nitrogens is 4. The van der Waals surface area contributed by atoms with Gasteiger partial charge in [-0.15, -0.1) is 0 Å². The molecule has 0 aromatic carbocycles. The molecular formula is C10H14ClN5O3S. The van der Waals surface area contributed by atoms with E-state index in [4.69, 9.17) is 16.2 Å². The van der Waals surface area contributed by atoms with Crippen molar-refractivity contribution in [2.75, 3.05) is 18.1 Å². The van der Waals surface area contributed by atoms with E-state index in [0.717, 1.165) is 0 Å². The van der Waals surface area contributed by atoms with Gasteiger partial charge in [0.2, 0.25) is 5.28 Å². The molecule has 0 bridgehead atoms. The lowest BCUT2D eigenvalue weighted by atomic mass is 10.3. The fourth-order valence-electron chi connectivity index (χ4n) is 1.82. The number of imidazole rings is 1. The summed E-state index contributed by atoms with van der Waals surface area (Å²) in [5.74, 6) is 0.286. The molecule has 0 saturated heterocycles. The highest BCUT2D eigenvalue weighted by molar-refractivity contribution is 7.85. The first-order valence-electron chi connectivity index (χ1n) is 5.92. The molecule has 2 heterocycles. The molecule has 0 saturated carbocycles. The van der Waals surface area contributed by atoms with Gasteiger partial charge in [0, 0.05) is 13.6 Å². The summed E-state index contributed by atoms with van der Waals surface area (Å²) >= 11 is 5.84. The zero-order valence-corrected chi connectivity index (χ0v) is 12.3. The van der Waals surface area contributed by atoms with Gasteiger partial charge in [-0.2, -0.15) is 18.4 Å². The van der Waals surface area contributed by atoms with Crippen LogP contribution in [0.4, 0.5) is 5.82 Å². The number of anilines is 1. The molecule has 20 heavy (non-hydrogen) atoms. The second-order valence-electron chi connectivity index (χ2n) is 4.19. The van der Waals surface area contributed by atoms with Gasteiger partial charge >= 0.3 is 0 Å². The van der Waals surface area contributed by atoms with Crippen LogP contribution in [0.25, 0.3) is 11.2 Å². The molecule has 0 spiro atoms. The molecule has 0 aliphatic carbocycles. The first-order chi connectivity index (χ1) is 9.40. The van der Waals surface area contributed by atoms with Crippen molar-refractivity contribution in [2.45, 2.75) is 19.4 Å². The number of nitrogens with one attached hydrogen (secondary N) is 1. The highest BCUT2D eigenvalue weighted by Crippen LogP contribution is 2.20. The average molecular weight is 320 g/mol. The fraction of sp³-hybridized carbons (Fsp3) is 0.500. The zero-order chi connectivity index (χ0) is 14.8. The van der Waals surface area contributed by atoms with Crippen molar-refractivity contribution in [1.29, 1.82) is 0 Å². The van der Waals surface area contributed by atoms with Crippen LogP contribution in [0.5, 0.6) is 0 Å². The standard InChI is InChI=1S/C10H14ClN5O3S/c1-12-8-7-9(15-10(11)14-8)16(6-13-7)4-2-3-5-20(17,18)19/h6H,2-5H2,1H3,(H,12,14,15)(H,17,18,19). The smallest absolute Gasteiger partial charge is 0.264 e. The van der Waals surface area contributed by atoms with Crippen molar-refractivity contribution in [1.82, 2.24) is 19.5 Å². The lowest BCUT2D eigenvalue weighted by molar-refractivity contribution is 0.478. The predicted molar refractivity (Wildman–Crippen MR) is 75.5 cm³/mol. The minimum Gasteiger partial charge on any atom is -0.371 e. The molecule has 0 amide bonds. The van der Waals surface area contributed by atoms with Crippen molar-refractivity contribution in [3.05, 3.63) is 11.6 Å². The van der Waals surface area contributed by atoms with Gasteiger partial charge in [-0.1, -0.05) is 0 Å². The lowest BCUT2D eigenvalue weighted by Crippen LogP contribution is -2.06. The molecule has 0 aliphatic rings. The highest BCUT2D eigenvalue weighted by Gasteiger charge is 2.11. The minimum absolute atomic E-state index is 0.113. The Labute approximate surface area is 120 Å². The van der Waals surface area contributed by atoms with Crippen molar-refractivity contribution >= 4 is 38.7 Å². The maximum atomic E-state index is 10.6. The van der Waals surface area contributed by atoms with E-state index < -0.39 is 10.1 Å². The van der Waals surface area contributed by atoms with E-state index in [1.165, 1.54) is 0 Å². The predicted octanol–water partition coefficient (Wildman–Crippen LogP) is 1.19. The van der Waals surface area contributed by atoms with Crippen LogP contribution in [-0.4, -0.2) is 45.3 Å². The van der Waals surface area contributed by atoms with Gasteiger partial charge in [-0.25, -0.2) is 4.98 Å². The molecule has 8 nitrogen and oxygen atoms in total. The summed E-state index contributed by atoms with van der Waals surface area (Å²) in [6, 6.07) is 0. The lowest BCUT2D eigenvalue weighted by Gasteiger charge is -2.04. The summed E-state index contributed by atoms with van der Waals surface area (Å²) in [5.41, 5.74) is 1.19. The van der Waals surface area contributed by atoms with Gasteiger partial charge in [0.25, 0.3) is 10.1 Å². The van der Waals surface area contributed by atoms with Crippen LogP contribution in [0, 0.1) is 0 Å². The van der Waals surface area contributed by atoms with Crippen LogP contribution in [-0.2, 0) is 16.7 Å². The van der Waals surface area contributed by atoms with Crippen molar-refractivity contribution in [3.8, 4) is 0 Å². The second kappa shape index (κ2) is 5.90. The Balaban J connectivity index is 2.13. The largest absolute Gasteiger partial charge is 0.371 e. The van der Waals surface area contributed by atoms with E-state index in [9.17, 15) is 8.42 Å². The Morgan fingerprint density at radius 3 is 2.80 bits per heavy atom. The van der Waals surface area contributed by atoms with E-state index in [0.29, 0.717) is 36.4 Å². The number of rotatable bonds is 6. The van der Waals surface area contributed by atoms with E-state index >= 15 is 0 Å².